The zero-order chi connectivity index (χ0) is 29.7. The summed E-state index contributed by atoms with van der Waals surface area (Å²) in [6.45, 7) is 2.12. The van der Waals surface area contributed by atoms with E-state index in [9.17, 15) is 14.4 Å². The lowest BCUT2D eigenvalue weighted by molar-refractivity contribution is -0.153. The van der Waals surface area contributed by atoms with Gasteiger partial charge in [-0.15, -0.1) is 0 Å². The molecule has 43 heavy (non-hydrogen) atoms. The lowest BCUT2D eigenvalue weighted by Crippen LogP contribution is -2.61. The third-order valence-electron chi connectivity index (χ3n) is 10.8. The van der Waals surface area contributed by atoms with Gasteiger partial charge in [-0.05, 0) is 86.3 Å². The number of H-pyrrole nitrogens is 1. The van der Waals surface area contributed by atoms with E-state index in [2.05, 4.69) is 10.3 Å². The molecule has 2 N–H and O–H groups in total. The molecular formula is C35H41N3O5. The molecule has 2 heterocycles. The highest BCUT2D eigenvalue weighted by molar-refractivity contribution is 5.94. The lowest BCUT2D eigenvalue weighted by Gasteiger charge is -2.53. The van der Waals surface area contributed by atoms with E-state index in [0.717, 1.165) is 59.5 Å². The standard InChI is InChI=1S/C35H41N3O5/c1-35(18-27-19-36-29-11-7-6-10-28(27)29,37-34(41)43-31-24-13-21-12-22(15-24)16-25(31)14-21)33(40)38-20-26(17-30(38)32(39)42-2)23-8-4-3-5-9-23/h3-11,19,21-22,24-26,30-31,36H,12-18,20H2,1-2H3,(H,37,41)/t21?,22?,24?,25?,26-,30-,31?,35-/m1/s1. The van der Waals surface area contributed by atoms with Crippen LogP contribution in [0.3, 0.4) is 0 Å². The Kier molecular flexibility index (Phi) is 7.18. The largest absolute Gasteiger partial charge is 0.467 e. The second-order valence-corrected chi connectivity index (χ2v) is 13.6. The molecule has 2 aromatic carbocycles. The second-order valence-electron chi connectivity index (χ2n) is 13.6. The number of hydrogen-bond donors (Lipinski definition) is 2. The van der Waals surface area contributed by atoms with Crippen LogP contribution in [0.5, 0.6) is 0 Å². The minimum atomic E-state index is -1.36. The van der Waals surface area contributed by atoms with Crippen LogP contribution in [0, 0.1) is 23.7 Å². The number of alkyl carbamates (subject to hydrolysis) is 1. The molecule has 4 aliphatic carbocycles. The highest BCUT2D eigenvalue weighted by Crippen LogP contribution is 2.54. The molecule has 0 radical (unpaired) electrons. The number of fused-ring (bicyclic) bond motifs is 1. The quantitative estimate of drug-likeness (QED) is 0.354. The maximum absolute atomic E-state index is 14.6. The predicted molar refractivity (Wildman–Crippen MR) is 162 cm³/mol. The van der Waals surface area contributed by atoms with Gasteiger partial charge in [0.2, 0.25) is 5.91 Å². The number of methoxy groups -OCH3 is 1. The fourth-order valence-corrected chi connectivity index (χ4v) is 8.98. The highest BCUT2D eigenvalue weighted by atomic mass is 16.6. The zero-order valence-electron chi connectivity index (χ0n) is 25.0. The third kappa shape index (κ3) is 5.19. The summed E-state index contributed by atoms with van der Waals surface area (Å²) in [5.41, 5.74) is 1.58. The van der Waals surface area contributed by atoms with Crippen molar-refractivity contribution in [1.82, 2.24) is 15.2 Å². The van der Waals surface area contributed by atoms with Crippen LogP contribution < -0.4 is 5.32 Å². The van der Waals surface area contributed by atoms with Crippen LogP contribution >= 0.6 is 0 Å². The van der Waals surface area contributed by atoms with Crippen molar-refractivity contribution in [2.45, 2.75) is 75.5 Å². The molecule has 5 fully saturated rings. The SMILES string of the molecule is COC(=O)[C@H]1C[C@@H](c2ccccc2)CN1C(=O)[C@@](C)(Cc1c[nH]c2ccccc12)NC(=O)OC1C2CC3CC(C2)CC1C3. The van der Waals surface area contributed by atoms with Crippen molar-refractivity contribution in [3.8, 4) is 0 Å². The first-order chi connectivity index (χ1) is 20.8. The molecule has 8 rings (SSSR count). The van der Waals surface area contributed by atoms with Crippen molar-refractivity contribution < 1.29 is 23.9 Å². The van der Waals surface area contributed by atoms with E-state index in [1.54, 1.807) is 11.8 Å². The summed E-state index contributed by atoms with van der Waals surface area (Å²) in [5, 5.41) is 4.04. The Balaban J connectivity index is 1.18. The molecule has 1 aromatic heterocycles. The van der Waals surface area contributed by atoms with Crippen molar-refractivity contribution in [3.05, 3.63) is 71.9 Å². The molecule has 8 nitrogen and oxygen atoms in total. The molecule has 2 amide bonds. The molecule has 0 spiro atoms. The average molecular weight is 584 g/mol. The van der Waals surface area contributed by atoms with Gasteiger partial charge in [0.15, 0.2) is 0 Å². The average Bonchev–Trinajstić information content (AvgIpc) is 3.63. The van der Waals surface area contributed by atoms with E-state index >= 15 is 0 Å². The Bertz CT molecular complexity index is 1490. The number of rotatable bonds is 7. The summed E-state index contributed by atoms with van der Waals surface area (Å²) in [7, 11) is 1.35. The molecule has 4 saturated carbocycles. The summed E-state index contributed by atoms with van der Waals surface area (Å²) in [6.07, 6.45) is 7.80. The fraction of sp³-hybridized carbons (Fsp3) is 0.514. The predicted octanol–water partition coefficient (Wildman–Crippen LogP) is 5.58. The summed E-state index contributed by atoms with van der Waals surface area (Å²) in [6, 6.07) is 17.1. The number of nitrogens with zero attached hydrogens (tertiary/aromatic N) is 1. The van der Waals surface area contributed by atoms with Crippen molar-refractivity contribution in [2.24, 2.45) is 23.7 Å². The van der Waals surface area contributed by atoms with E-state index in [1.165, 1.54) is 13.5 Å². The first kappa shape index (κ1) is 28.0. The van der Waals surface area contributed by atoms with Gasteiger partial charge in [0, 0.05) is 36.0 Å². The molecule has 0 unspecified atom stereocenters. The number of esters is 1. The van der Waals surface area contributed by atoms with Gasteiger partial charge in [-0.3, -0.25) is 4.79 Å². The van der Waals surface area contributed by atoms with Gasteiger partial charge in [-0.1, -0.05) is 48.5 Å². The molecule has 3 atom stereocenters. The number of ether oxygens (including phenoxy) is 2. The number of carbonyl (C=O) groups is 3. The van der Waals surface area contributed by atoms with E-state index < -0.39 is 23.6 Å². The number of likely N-dealkylation sites (tertiary alicyclic amines) is 1. The zero-order valence-corrected chi connectivity index (χ0v) is 25.0. The van der Waals surface area contributed by atoms with E-state index in [1.807, 2.05) is 60.8 Å². The van der Waals surface area contributed by atoms with Gasteiger partial charge in [-0.2, -0.15) is 0 Å². The first-order valence-corrected chi connectivity index (χ1v) is 15.8. The molecule has 8 heteroatoms. The Morgan fingerprint density at radius 1 is 0.930 bits per heavy atom. The Hall–Kier alpha value is -3.81. The summed E-state index contributed by atoms with van der Waals surface area (Å²) < 4.78 is 11.4. The van der Waals surface area contributed by atoms with Crippen molar-refractivity contribution >= 4 is 28.9 Å². The molecule has 3 aromatic rings. The van der Waals surface area contributed by atoms with Crippen LogP contribution in [0.25, 0.3) is 10.9 Å². The normalized spacial score (nSPS) is 30.7. The van der Waals surface area contributed by atoms with Crippen LogP contribution in [-0.4, -0.2) is 59.2 Å². The third-order valence-corrected chi connectivity index (χ3v) is 10.8. The number of aromatic amines is 1. The van der Waals surface area contributed by atoms with Crippen LogP contribution in [0.1, 0.15) is 62.5 Å². The Morgan fingerprint density at radius 2 is 1.60 bits per heavy atom. The topological polar surface area (TPSA) is 101 Å². The number of carbonyl (C=O) groups excluding carboxylic acids is 3. The van der Waals surface area contributed by atoms with Crippen LogP contribution in [0.2, 0.25) is 0 Å². The molecular weight excluding hydrogens is 542 g/mol. The second kappa shape index (κ2) is 11.0. The maximum Gasteiger partial charge on any atom is 0.408 e. The number of hydrogen-bond acceptors (Lipinski definition) is 5. The maximum atomic E-state index is 14.6. The van der Waals surface area contributed by atoms with Gasteiger partial charge < -0.3 is 24.7 Å². The minimum Gasteiger partial charge on any atom is -0.467 e. The van der Waals surface area contributed by atoms with Gasteiger partial charge in [0.25, 0.3) is 0 Å². The van der Waals surface area contributed by atoms with Crippen molar-refractivity contribution in [2.75, 3.05) is 13.7 Å². The fourth-order valence-electron chi connectivity index (χ4n) is 8.98. The number of nitrogens with one attached hydrogen (secondary N) is 2. The minimum absolute atomic E-state index is 0.0217. The number of amides is 2. The Morgan fingerprint density at radius 3 is 2.30 bits per heavy atom. The van der Waals surface area contributed by atoms with Crippen LogP contribution in [0.15, 0.2) is 60.8 Å². The number of aromatic nitrogens is 1. The lowest BCUT2D eigenvalue weighted by atomic mass is 9.55. The highest BCUT2D eigenvalue weighted by Gasteiger charge is 2.51. The van der Waals surface area contributed by atoms with E-state index in [-0.39, 0.29) is 24.3 Å². The smallest absolute Gasteiger partial charge is 0.408 e. The Labute approximate surface area is 252 Å². The van der Waals surface area contributed by atoms with Crippen LogP contribution in [-0.2, 0) is 25.5 Å². The van der Waals surface area contributed by atoms with Crippen molar-refractivity contribution in [3.63, 3.8) is 0 Å². The first-order valence-electron chi connectivity index (χ1n) is 15.8. The molecule has 5 aliphatic rings. The van der Waals surface area contributed by atoms with E-state index in [0.29, 0.717) is 24.8 Å². The van der Waals surface area contributed by atoms with Gasteiger partial charge in [-0.25, -0.2) is 9.59 Å². The van der Waals surface area contributed by atoms with Gasteiger partial charge in [0.1, 0.15) is 17.7 Å². The monoisotopic (exact) mass is 583 g/mol. The summed E-state index contributed by atoms with van der Waals surface area (Å²) in [4.78, 5) is 46.3. The summed E-state index contributed by atoms with van der Waals surface area (Å²) >= 11 is 0. The van der Waals surface area contributed by atoms with Gasteiger partial charge >= 0.3 is 12.1 Å². The summed E-state index contributed by atoms with van der Waals surface area (Å²) in [5.74, 6) is 1.57. The molecule has 226 valence electrons. The van der Waals surface area contributed by atoms with Gasteiger partial charge in [0.05, 0.1) is 7.11 Å². The van der Waals surface area contributed by atoms with E-state index in [4.69, 9.17) is 9.47 Å². The molecule has 1 saturated heterocycles. The molecule has 1 aliphatic heterocycles. The van der Waals surface area contributed by atoms with Crippen molar-refractivity contribution in [1.29, 1.82) is 0 Å². The molecule has 4 bridgehead atoms. The number of para-hydroxylation sites is 1. The number of benzene rings is 2. The van der Waals surface area contributed by atoms with Crippen LogP contribution in [0.4, 0.5) is 4.79 Å².